The molecule has 0 radical (unpaired) electrons. The molecule has 0 rings (SSSR count). The molecular formula is C8H15NO3. The zero-order chi connectivity index (χ0) is 9.78. The Morgan fingerprint density at radius 3 is 2.17 bits per heavy atom. The molecule has 0 aliphatic heterocycles. The van der Waals surface area contributed by atoms with Crippen molar-refractivity contribution in [2.24, 2.45) is 0 Å². The van der Waals surface area contributed by atoms with Crippen molar-refractivity contribution in [3.63, 3.8) is 0 Å². The zero-order valence-electron chi connectivity index (χ0n) is 7.68. The number of nitrogens with one attached hydrogen (secondary N) is 1. The number of carboxylic acid groups (broad SMARTS) is 1. The summed E-state index contributed by atoms with van der Waals surface area (Å²) in [6, 6.07) is 0. The van der Waals surface area contributed by atoms with Gasteiger partial charge in [-0.3, -0.25) is 4.79 Å². The van der Waals surface area contributed by atoms with Crippen molar-refractivity contribution in [3.8, 4) is 0 Å². The lowest BCUT2D eigenvalue weighted by Crippen LogP contribution is -2.51. The first-order valence-corrected chi connectivity index (χ1v) is 4.00. The monoisotopic (exact) mass is 173 g/mol. The largest absolute Gasteiger partial charge is 0.480 e. The predicted molar refractivity (Wildman–Crippen MR) is 44.8 cm³/mol. The predicted octanol–water partition coefficient (Wildman–Crippen LogP) is 0.766. The summed E-state index contributed by atoms with van der Waals surface area (Å²) in [5.74, 6) is -1.23. The van der Waals surface area contributed by atoms with Gasteiger partial charge in [-0.1, -0.05) is 13.8 Å². The van der Waals surface area contributed by atoms with Crippen molar-refractivity contribution in [2.45, 2.75) is 39.2 Å². The molecule has 0 aromatic carbocycles. The molecule has 0 heterocycles. The Morgan fingerprint density at radius 1 is 1.42 bits per heavy atom. The Kier molecular flexibility index (Phi) is 3.73. The Balaban J connectivity index is 4.34. The number of aliphatic carboxylic acids is 1. The van der Waals surface area contributed by atoms with Crippen LogP contribution in [-0.4, -0.2) is 22.5 Å². The first-order valence-electron chi connectivity index (χ1n) is 4.00. The van der Waals surface area contributed by atoms with Crippen LogP contribution in [0, 0.1) is 0 Å². The number of carbonyl (C=O) groups is 2. The first kappa shape index (κ1) is 10.9. The lowest BCUT2D eigenvalue weighted by molar-refractivity contribution is -0.147. The Hall–Kier alpha value is -1.06. The molecule has 0 aliphatic rings. The molecule has 0 spiro atoms. The van der Waals surface area contributed by atoms with Crippen molar-refractivity contribution in [2.75, 3.05) is 0 Å². The summed E-state index contributed by atoms with van der Waals surface area (Å²) in [6.45, 7) is 4.92. The SMILES string of the molecule is CCC(=O)NC(C)(CC)C(=O)O. The molecule has 0 bridgehead atoms. The maximum atomic E-state index is 10.9. The van der Waals surface area contributed by atoms with E-state index in [4.69, 9.17) is 5.11 Å². The van der Waals surface area contributed by atoms with Gasteiger partial charge in [0.1, 0.15) is 5.54 Å². The molecule has 1 atom stereocenters. The van der Waals surface area contributed by atoms with Crippen molar-refractivity contribution in [3.05, 3.63) is 0 Å². The molecular weight excluding hydrogens is 158 g/mol. The van der Waals surface area contributed by atoms with E-state index in [9.17, 15) is 9.59 Å². The van der Waals surface area contributed by atoms with Gasteiger partial charge in [0.05, 0.1) is 0 Å². The van der Waals surface area contributed by atoms with Crippen molar-refractivity contribution in [1.29, 1.82) is 0 Å². The standard InChI is InChI=1S/C8H15NO3/c1-4-6(10)9-8(3,5-2)7(11)12/h4-5H2,1-3H3,(H,9,10)(H,11,12). The first-order chi connectivity index (χ1) is 5.46. The highest BCUT2D eigenvalue weighted by atomic mass is 16.4. The average molecular weight is 173 g/mol. The fourth-order valence-electron chi connectivity index (χ4n) is 0.689. The number of carboxylic acids is 1. The number of carbonyl (C=O) groups excluding carboxylic acids is 1. The molecule has 0 aromatic heterocycles. The summed E-state index contributed by atoms with van der Waals surface area (Å²) in [4.78, 5) is 21.6. The van der Waals surface area contributed by atoms with Crippen LogP contribution >= 0.6 is 0 Å². The maximum absolute atomic E-state index is 10.9. The minimum atomic E-state index is -1.12. The van der Waals surface area contributed by atoms with Crippen LogP contribution < -0.4 is 5.32 Å². The van der Waals surface area contributed by atoms with E-state index in [1.165, 1.54) is 6.92 Å². The Labute approximate surface area is 72.0 Å². The molecule has 1 amide bonds. The van der Waals surface area contributed by atoms with Crippen molar-refractivity contribution < 1.29 is 14.7 Å². The molecule has 2 N–H and O–H groups in total. The second-order valence-corrected chi connectivity index (χ2v) is 2.89. The van der Waals surface area contributed by atoms with Crippen LogP contribution in [0.5, 0.6) is 0 Å². The van der Waals surface area contributed by atoms with Gasteiger partial charge in [-0.25, -0.2) is 4.79 Å². The van der Waals surface area contributed by atoms with Crippen LogP contribution in [0.3, 0.4) is 0 Å². The van der Waals surface area contributed by atoms with E-state index in [0.29, 0.717) is 12.8 Å². The van der Waals surface area contributed by atoms with Gasteiger partial charge in [-0.05, 0) is 13.3 Å². The van der Waals surface area contributed by atoms with E-state index >= 15 is 0 Å². The van der Waals surface area contributed by atoms with Crippen LogP contribution in [0.25, 0.3) is 0 Å². The minimum absolute atomic E-state index is 0.234. The summed E-state index contributed by atoms with van der Waals surface area (Å²) < 4.78 is 0. The third-order valence-corrected chi connectivity index (χ3v) is 1.92. The van der Waals surface area contributed by atoms with Gasteiger partial charge in [0.15, 0.2) is 0 Å². The lowest BCUT2D eigenvalue weighted by atomic mass is 9.99. The fourth-order valence-corrected chi connectivity index (χ4v) is 0.689. The fraction of sp³-hybridized carbons (Fsp3) is 0.750. The summed E-state index contributed by atoms with van der Waals surface area (Å²) in [6.07, 6.45) is 0.691. The Bertz CT molecular complexity index is 191. The molecule has 1 unspecified atom stereocenters. The van der Waals surface area contributed by atoms with Gasteiger partial charge in [-0.15, -0.1) is 0 Å². The quantitative estimate of drug-likeness (QED) is 0.659. The van der Waals surface area contributed by atoms with Gasteiger partial charge in [0.25, 0.3) is 0 Å². The summed E-state index contributed by atoms with van der Waals surface area (Å²) in [7, 11) is 0. The van der Waals surface area contributed by atoms with Gasteiger partial charge in [-0.2, -0.15) is 0 Å². The second kappa shape index (κ2) is 4.09. The third-order valence-electron chi connectivity index (χ3n) is 1.92. The minimum Gasteiger partial charge on any atom is -0.480 e. The van der Waals surface area contributed by atoms with Crippen molar-refractivity contribution in [1.82, 2.24) is 5.32 Å². The van der Waals surface area contributed by atoms with E-state index < -0.39 is 11.5 Å². The van der Waals surface area contributed by atoms with Gasteiger partial charge >= 0.3 is 5.97 Å². The topological polar surface area (TPSA) is 66.4 Å². The van der Waals surface area contributed by atoms with E-state index in [-0.39, 0.29) is 5.91 Å². The van der Waals surface area contributed by atoms with Crippen molar-refractivity contribution >= 4 is 11.9 Å². The van der Waals surface area contributed by atoms with Crippen LogP contribution in [0.4, 0.5) is 0 Å². The van der Waals surface area contributed by atoms with Crippen LogP contribution in [0.1, 0.15) is 33.6 Å². The molecule has 12 heavy (non-hydrogen) atoms. The normalized spacial score (nSPS) is 14.9. The maximum Gasteiger partial charge on any atom is 0.329 e. The zero-order valence-corrected chi connectivity index (χ0v) is 7.68. The molecule has 0 aromatic rings. The number of hydrogen-bond donors (Lipinski definition) is 2. The van der Waals surface area contributed by atoms with E-state index in [1.807, 2.05) is 0 Å². The molecule has 0 aliphatic carbocycles. The summed E-state index contributed by atoms with van der Waals surface area (Å²) in [5.41, 5.74) is -1.12. The second-order valence-electron chi connectivity index (χ2n) is 2.89. The number of rotatable bonds is 4. The number of amides is 1. The molecule has 70 valence electrons. The van der Waals surface area contributed by atoms with Crippen LogP contribution in [0.15, 0.2) is 0 Å². The molecule has 0 saturated heterocycles. The highest BCUT2D eigenvalue weighted by molar-refractivity contribution is 5.86. The molecule has 4 nitrogen and oxygen atoms in total. The third kappa shape index (κ3) is 2.53. The smallest absolute Gasteiger partial charge is 0.329 e. The van der Waals surface area contributed by atoms with E-state index in [0.717, 1.165) is 0 Å². The van der Waals surface area contributed by atoms with E-state index in [1.54, 1.807) is 13.8 Å². The van der Waals surface area contributed by atoms with E-state index in [2.05, 4.69) is 5.32 Å². The molecule has 4 heteroatoms. The molecule has 0 saturated carbocycles. The number of hydrogen-bond acceptors (Lipinski definition) is 2. The van der Waals surface area contributed by atoms with Gasteiger partial charge < -0.3 is 10.4 Å². The van der Waals surface area contributed by atoms with Gasteiger partial charge in [0, 0.05) is 6.42 Å². The highest BCUT2D eigenvalue weighted by Gasteiger charge is 2.31. The van der Waals surface area contributed by atoms with Crippen LogP contribution in [0.2, 0.25) is 0 Å². The lowest BCUT2D eigenvalue weighted by Gasteiger charge is -2.24. The average Bonchev–Trinajstić information content (AvgIpc) is 2.03. The summed E-state index contributed by atoms with van der Waals surface area (Å²) >= 11 is 0. The van der Waals surface area contributed by atoms with Crippen LogP contribution in [-0.2, 0) is 9.59 Å². The van der Waals surface area contributed by atoms with Gasteiger partial charge in [0.2, 0.25) is 5.91 Å². The summed E-state index contributed by atoms with van der Waals surface area (Å²) in [5, 5.41) is 11.2. The Morgan fingerprint density at radius 2 is 1.92 bits per heavy atom. The highest BCUT2D eigenvalue weighted by Crippen LogP contribution is 2.08. The molecule has 0 fully saturated rings.